The highest BCUT2D eigenvalue weighted by Crippen LogP contribution is 2.19. The minimum absolute atomic E-state index is 0.862. The second kappa shape index (κ2) is 6.28. The van der Waals surface area contributed by atoms with Crippen molar-refractivity contribution < 1.29 is 0 Å². The van der Waals surface area contributed by atoms with Gasteiger partial charge in [-0.05, 0) is 49.1 Å². The molecule has 0 aromatic heterocycles. The molecule has 0 aliphatic rings. The highest BCUT2D eigenvalue weighted by Gasteiger charge is 2.02. The van der Waals surface area contributed by atoms with Crippen LogP contribution >= 0.6 is 0 Å². The van der Waals surface area contributed by atoms with Crippen LogP contribution in [0.1, 0.15) is 17.5 Å². The minimum atomic E-state index is 0.862. The average Bonchev–Trinajstić information content (AvgIpc) is 2.43. The summed E-state index contributed by atoms with van der Waals surface area (Å²) in [5.74, 6) is 0. The normalized spacial score (nSPS) is 10.4. The summed E-state index contributed by atoms with van der Waals surface area (Å²) in [6.45, 7) is 3.11. The van der Waals surface area contributed by atoms with Crippen molar-refractivity contribution in [3.63, 3.8) is 0 Å². The van der Waals surface area contributed by atoms with E-state index in [4.69, 9.17) is 5.73 Å². The lowest BCUT2D eigenvalue weighted by molar-refractivity contribution is 0.785. The lowest BCUT2D eigenvalue weighted by Gasteiger charge is -2.20. The van der Waals surface area contributed by atoms with Crippen LogP contribution in [0.3, 0.4) is 0 Å². The number of hydrogen-bond donors (Lipinski definition) is 1. The molecule has 19 heavy (non-hydrogen) atoms. The molecule has 0 aliphatic heterocycles. The van der Waals surface area contributed by atoms with E-state index in [2.05, 4.69) is 61.3 Å². The number of benzene rings is 2. The molecule has 0 amide bonds. The van der Waals surface area contributed by atoms with Crippen molar-refractivity contribution in [3.05, 3.63) is 59.7 Å². The first-order valence-corrected chi connectivity index (χ1v) is 6.78. The average molecular weight is 254 g/mol. The highest BCUT2D eigenvalue weighted by molar-refractivity contribution is 5.57. The van der Waals surface area contributed by atoms with Crippen LogP contribution in [-0.2, 0) is 6.42 Å². The molecule has 0 spiro atoms. The number of hydrogen-bond acceptors (Lipinski definition) is 2. The zero-order valence-corrected chi connectivity index (χ0v) is 11.8. The Morgan fingerprint density at radius 1 is 1.05 bits per heavy atom. The van der Waals surface area contributed by atoms with E-state index >= 15 is 0 Å². The van der Waals surface area contributed by atoms with E-state index in [9.17, 15) is 0 Å². The van der Waals surface area contributed by atoms with Gasteiger partial charge in [-0.3, -0.25) is 0 Å². The van der Waals surface area contributed by atoms with Crippen molar-refractivity contribution in [2.75, 3.05) is 24.2 Å². The molecule has 0 aliphatic carbocycles. The van der Waals surface area contributed by atoms with Gasteiger partial charge in [0, 0.05) is 25.0 Å². The lowest BCUT2D eigenvalue weighted by atomic mass is 10.1. The van der Waals surface area contributed by atoms with Gasteiger partial charge in [0.05, 0.1) is 0 Å². The van der Waals surface area contributed by atoms with Crippen molar-refractivity contribution in [2.45, 2.75) is 19.8 Å². The fourth-order valence-corrected chi connectivity index (χ4v) is 2.19. The van der Waals surface area contributed by atoms with Crippen LogP contribution in [0.2, 0.25) is 0 Å². The van der Waals surface area contributed by atoms with Gasteiger partial charge in [0.1, 0.15) is 0 Å². The van der Waals surface area contributed by atoms with E-state index in [0.29, 0.717) is 0 Å². The zero-order chi connectivity index (χ0) is 13.7. The Kier molecular flexibility index (Phi) is 4.45. The van der Waals surface area contributed by atoms with Gasteiger partial charge in [-0.15, -0.1) is 0 Å². The molecule has 0 fully saturated rings. The van der Waals surface area contributed by atoms with Crippen LogP contribution in [0.25, 0.3) is 0 Å². The molecule has 0 bridgehead atoms. The smallest absolute Gasteiger partial charge is 0.0367 e. The summed E-state index contributed by atoms with van der Waals surface area (Å²) in [5, 5.41) is 0. The number of nitrogens with zero attached hydrogens (tertiary/aromatic N) is 1. The topological polar surface area (TPSA) is 29.3 Å². The van der Waals surface area contributed by atoms with Gasteiger partial charge < -0.3 is 10.6 Å². The summed E-state index contributed by atoms with van der Waals surface area (Å²) < 4.78 is 0. The summed E-state index contributed by atoms with van der Waals surface area (Å²) in [7, 11) is 2.13. The standard InChI is InChI=1S/C17H22N2/c1-14-13-16(10-11-17(14)18)19(2)12-6-9-15-7-4-3-5-8-15/h3-5,7-8,10-11,13H,6,9,12,18H2,1-2H3. The lowest BCUT2D eigenvalue weighted by Crippen LogP contribution is -2.19. The van der Waals surface area contributed by atoms with Crippen molar-refractivity contribution in [1.29, 1.82) is 0 Å². The fraction of sp³-hybridized carbons (Fsp3) is 0.294. The first kappa shape index (κ1) is 13.5. The summed E-state index contributed by atoms with van der Waals surface area (Å²) in [6, 6.07) is 16.9. The van der Waals surface area contributed by atoms with Gasteiger partial charge in [0.2, 0.25) is 0 Å². The number of anilines is 2. The molecule has 0 saturated heterocycles. The second-order valence-corrected chi connectivity index (χ2v) is 5.05. The van der Waals surface area contributed by atoms with Gasteiger partial charge in [0.25, 0.3) is 0 Å². The predicted molar refractivity (Wildman–Crippen MR) is 83.6 cm³/mol. The molecule has 0 heterocycles. The molecule has 0 atom stereocenters. The molecule has 2 N–H and O–H groups in total. The van der Waals surface area contributed by atoms with Crippen molar-refractivity contribution in [1.82, 2.24) is 0 Å². The number of nitrogens with two attached hydrogens (primary N) is 1. The van der Waals surface area contributed by atoms with Gasteiger partial charge >= 0.3 is 0 Å². The van der Waals surface area contributed by atoms with E-state index in [-0.39, 0.29) is 0 Å². The molecule has 100 valence electrons. The molecule has 0 unspecified atom stereocenters. The van der Waals surface area contributed by atoms with E-state index in [1.54, 1.807) is 0 Å². The van der Waals surface area contributed by atoms with Crippen LogP contribution < -0.4 is 10.6 Å². The third kappa shape index (κ3) is 3.75. The maximum atomic E-state index is 5.85. The van der Waals surface area contributed by atoms with E-state index < -0.39 is 0 Å². The van der Waals surface area contributed by atoms with Crippen LogP contribution in [0.15, 0.2) is 48.5 Å². The molecule has 0 saturated carbocycles. The highest BCUT2D eigenvalue weighted by atomic mass is 15.1. The Balaban J connectivity index is 1.87. The minimum Gasteiger partial charge on any atom is -0.399 e. The SMILES string of the molecule is Cc1cc(N(C)CCCc2ccccc2)ccc1N. The Morgan fingerprint density at radius 3 is 2.47 bits per heavy atom. The van der Waals surface area contributed by atoms with Gasteiger partial charge in [-0.2, -0.15) is 0 Å². The van der Waals surface area contributed by atoms with Crippen LogP contribution in [0, 0.1) is 6.92 Å². The van der Waals surface area contributed by atoms with Gasteiger partial charge in [-0.1, -0.05) is 30.3 Å². The Bertz CT molecular complexity index is 520. The first-order chi connectivity index (χ1) is 9.16. The zero-order valence-electron chi connectivity index (χ0n) is 11.8. The summed E-state index contributed by atoms with van der Waals surface area (Å²) in [6.07, 6.45) is 2.28. The molecule has 2 aromatic carbocycles. The van der Waals surface area contributed by atoms with Crippen molar-refractivity contribution in [3.8, 4) is 0 Å². The molecule has 2 aromatic rings. The van der Waals surface area contributed by atoms with Crippen molar-refractivity contribution in [2.24, 2.45) is 0 Å². The second-order valence-electron chi connectivity index (χ2n) is 5.05. The number of nitrogen functional groups attached to an aromatic ring is 1. The molecule has 0 radical (unpaired) electrons. The maximum absolute atomic E-state index is 5.85. The van der Waals surface area contributed by atoms with E-state index in [0.717, 1.165) is 30.6 Å². The quantitative estimate of drug-likeness (QED) is 0.825. The molecule has 2 nitrogen and oxygen atoms in total. The van der Waals surface area contributed by atoms with Crippen molar-refractivity contribution >= 4 is 11.4 Å². The van der Waals surface area contributed by atoms with Gasteiger partial charge in [-0.25, -0.2) is 0 Å². The molecular weight excluding hydrogens is 232 g/mol. The van der Waals surface area contributed by atoms with Crippen LogP contribution in [0.4, 0.5) is 11.4 Å². The van der Waals surface area contributed by atoms with Crippen LogP contribution in [0.5, 0.6) is 0 Å². The van der Waals surface area contributed by atoms with E-state index in [1.807, 2.05) is 6.07 Å². The third-order valence-corrected chi connectivity index (χ3v) is 3.50. The summed E-state index contributed by atoms with van der Waals surface area (Å²) >= 11 is 0. The van der Waals surface area contributed by atoms with E-state index in [1.165, 1.54) is 11.3 Å². The number of aryl methyl sites for hydroxylation is 2. The molecular formula is C17H22N2. The summed E-state index contributed by atoms with van der Waals surface area (Å²) in [5.41, 5.74) is 10.5. The van der Waals surface area contributed by atoms with Gasteiger partial charge in [0.15, 0.2) is 0 Å². The fourth-order valence-electron chi connectivity index (χ4n) is 2.19. The predicted octanol–water partition coefficient (Wildman–Crippen LogP) is 3.65. The molecule has 2 heteroatoms. The first-order valence-electron chi connectivity index (χ1n) is 6.78. The Hall–Kier alpha value is -1.96. The molecule has 2 rings (SSSR count). The third-order valence-electron chi connectivity index (χ3n) is 3.50. The number of rotatable bonds is 5. The monoisotopic (exact) mass is 254 g/mol. The maximum Gasteiger partial charge on any atom is 0.0367 e. The summed E-state index contributed by atoms with van der Waals surface area (Å²) in [4.78, 5) is 2.29. The largest absolute Gasteiger partial charge is 0.399 e. The Morgan fingerprint density at radius 2 is 1.79 bits per heavy atom. The van der Waals surface area contributed by atoms with Crippen LogP contribution in [-0.4, -0.2) is 13.6 Å². The Labute approximate surface area is 115 Å².